The average molecular weight is 501 g/mol. The number of phenolic OH excluding ortho intramolecular Hbond substituents is 1. The van der Waals surface area contributed by atoms with Crippen LogP contribution >= 0.6 is 0 Å². The minimum Gasteiger partial charge on any atom is -0.507 e. The van der Waals surface area contributed by atoms with Crippen molar-refractivity contribution in [3.63, 3.8) is 0 Å². The molecule has 0 saturated carbocycles. The molecular formula is C36H24N2O. The Morgan fingerprint density at radius 2 is 1.00 bits per heavy atom. The highest BCUT2D eigenvalue weighted by Gasteiger charge is 2.25. The van der Waals surface area contributed by atoms with Crippen molar-refractivity contribution < 1.29 is 5.11 Å². The number of benzene rings is 6. The fraction of sp³-hybridized carbons (Fsp3) is 0. The number of aromatic nitrogens is 2. The van der Waals surface area contributed by atoms with Gasteiger partial charge in [0, 0.05) is 55.6 Å². The molecule has 0 unspecified atom stereocenters. The Hall–Kier alpha value is -5.28. The van der Waals surface area contributed by atoms with E-state index in [4.69, 9.17) is 0 Å². The molecule has 6 aromatic carbocycles. The lowest BCUT2D eigenvalue weighted by Gasteiger charge is -2.14. The fourth-order valence-electron chi connectivity index (χ4n) is 6.19. The van der Waals surface area contributed by atoms with Crippen LogP contribution in [0.2, 0.25) is 0 Å². The summed E-state index contributed by atoms with van der Waals surface area (Å²) < 4.78 is 4.56. The number of hydrogen-bond donors (Lipinski definition) is 1. The van der Waals surface area contributed by atoms with Crippen LogP contribution in [-0.2, 0) is 0 Å². The molecular weight excluding hydrogens is 476 g/mol. The van der Waals surface area contributed by atoms with Crippen LogP contribution in [0.25, 0.3) is 66.0 Å². The standard InChI is InChI=1S/C36H24N2O/c39-36-28-19-8-7-18-27(28)35-33(29-20-10-12-22-32(29)38(35)25-15-5-2-6-16-25)34(36)30-23-37(24-13-3-1-4-14-24)31-21-11-9-17-26(30)31/h1-23,39H. The number of hydrogen-bond acceptors (Lipinski definition) is 1. The number of para-hydroxylation sites is 4. The van der Waals surface area contributed by atoms with Gasteiger partial charge in [-0.2, -0.15) is 0 Å². The molecule has 0 amide bonds. The topological polar surface area (TPSA) is 30.1 Å². The van der Waals surface area contributed by atoms with Crippen LogP contribution in [0.4, 0.5) is 0 Å². The van der Waals surface area contributed by atoms with E-state index in [0.717, 1.165) is 66.0 Å². The molecule has 0 bridgehead atoms. The zero-order chi connectivity index (χ0) is 25.9. The summed E-state index contributed by atoms with van der Waals surface area (Å²) in [5.41, 5.74) is 7.37. The van der Waals surface area contributed by atoms with Gasteiger partial charge in [-0.1, -0.05) is 97.1 Å². The molecule has 0 radical (unpaired) electrons. The van der Waals surface area contributed by atoms with Gasteiger partial charge in [-0.15, -0.1) is 0 Å². The van der Waals surface area contributed by atoms with Gasteiger partial charge in [0.2, 0.25) is 0 Å². The fourth-order valence-corrected chi connectivity index (χ4v) is 6.19. The Kier molecular flexibility index (Phi) is 4.67. The van der Waals surface area contributed by atoms with Crippen molar-refractivity contribution in [1.29, 1.82) is 0 Å². The summed E-state index contributed by atoms with van der Waals surface area (Å²) in [6.45, 7) is 0. The molecule has 3 heteroatoms. The minimum atomic E-state index is 0.310. The van der Waals surface area contributed by atoms with E-state index >= 15 is 0 Å². The molecule has 3 nitrogen and oxygen atoms in total. The predicted octanol–water partition coefficient (Wildman–Crippen LogP) is 9.25. The lowest BCUT2D eigenvalue weighted by atomic mass is 9.93. The Balaban J connectivity index is 1.61. The molecule has 39 heavy (non-hydrogen) atoms. The first kappa shape index (κ1) is 21.8. The van der Waals surface area contributed by atoms with Crippen molar-refractivity contribution in [3.8, 4) is 28.3 Å². The summed E-state index contributed by atoms with van der Waals surface area (Å²) >= 11 is 0. The maximum absolute atomic E-state index is 12.1. The molecule has 0 saturated heterocycles. The van der Waals surface area contributed by atoms with E-state index in [0.29, 0.717) is 5.75 Å². The first-order chi connectivity index (χ1) is 19.3. The summed E-state index contributed by atoms with van der Waals surface area (Å²) in [4.78, 5) is 0. The van der Waals surface area contributed by atoms with E-state index in [-0.39, 0.29) is 0 Å². The molecule has 184 valence electrons. The Bertz CT molecular complexity index is 2170. The molecule has 8 aromatic rings. The van der Waals surface area contributed by atoms with E-state index in [2.05, 4.69) is 125 Å². The summed E-state index contributed by atoms with van der Waals surface area (Å²) in [5, 5.41) is 17.2. The Morgan fingerprint density at radius 1 is 0.462 bits per heavy atom. The summed E-state index contributed by atoms with van der Waals surface area (Å²) in [5.74, 6) is 0.310. The molecule has 8 rings (SSSR count). The maximum atomic E-state index is 12.1. The molecule has 0 atom stereocenters. The quantitative estimate of drug-likeness (QED) is 0.257. The molecule has 0 aliphatic heterocycles. The van der Waals surface area contributed by atoms with Crippen LogP contribution in [0.5, 0.6) is 5.75 Å². The van der Waals surface area contributed by atoms with Crippen LogP contribution in [0.15, 0.2) is 140 Å². The van der Waals surface area contributed by atoms with Crippen molar-refractivity contribution in [1.82, 2.24) is 9.13 Å². The van der Waals surface area contributed by atoms with Crippen LogP contribution < -0.4 is 0 Å². The lowest BCUT2D eigenvalue weighted by molar-refractivity contribution is 0.484. The second kappa shape index (κ2) is 8.37. The van der Waals surface area contributed by atoms with E-state index in [1.807, 2.05) is 24.3 Å². The molecule has 0 aliphatic rings. The largest absolute Gasteiger partial charge is 0.507 e. The number of phenols is 1. The third-order valence-corrected chi connectivity index (χ3v) is 7.83. The monoisotopic (exact) mass is 500 g/mol. The van der Waals surface area contributed by atoms with Crippen molar-refractivity contribution in [2.24, 2.45) is 0 Å². The van der Waals surface area contributed by atoms with Crippen LogP contribution in [0, 0.1) is 0 Å². The molecule has 1 N–H and O–H groups in total. The summed E-state index contributed by atoms with van der Waals surface area (Å²) in [7, 11) is 0. The van der Waals surface area contributed by atoms with Gasteiger partial charge in [-0.3, -0.25) is 0 Å². The van der Waals surface area contributed by atoms with Gasteiger partial charge in [0.25, 0.3) is 0 Å². The van der Waals surface area contributed by atoms with Gasteiger partial charge in [-0.05, 0) is 36.4 Å². The third-order valence-electron chi connectivity index (χ3n) is 7.83. The summed E-state index contributed by atoms with van der Waals surface area (Å²) in [6, 6.07) is 46.0. The molecule has 0 aliphatic carbocycles. The Labute approximate surface area is 225 Å². The van der Waals surface area contributed by atoms with Gasteiger partial charge in [0.05, 0.1) is 16.6 Å². The lowest BCUT2D eigenvalue weighted by Crippen LogP contribution is -1.94. The second-order valence-corrected chi connectivity index (χ2v) is 9.95. The summed E-state index contributed by atoms with van der Waals surface area (Å²) in [6.07, 6.45) is 2.18. The molecule has 0 fully saturated rings. The van der Waals surface area contributed by atoms with E-state index in [1.54, 1.807) is 0 Å². The third kappa shape index (κ3) is 3.11. The SMILES string of the molecule is Oc1c(-c2cn(-c3ccccc3)c3ccccc23)c2c3ccccc3n(-c3ccccc3)c2c2ccccc12. The zero-order valence-corrected chi connectivity index (χ0v) is 21.1. The first-order valence-corrected chi connectivity index (χ1v) is 13.2. The van der Waals surface area contributed by atoms with Crippen LogP contribution in [0.3, 0.4) is 0 Å². The number of aromatic hydroxyl groups is 1. The number of nitrogens with zero attached hydrogens (tertiary/aromatic N) is 2. The number of fused-ring (bicyclic) bond motifs is 6. The average Bonchev–Trinajstić information content (AvgIpc) is 3.55. The highest BCUT2D eigenvalue weighted by Crippen LogP contribution is 2.50. The molecule has 0 spiro atoms. The van der Waals surface area contributed by atoms with E-state index in [1.165, 1.54) is 0 Å². The highest BCUT2D eigenvalue weighted by atomic mass is 16.3. The smallest absolute Gasteiger partial charge is 0.132 e. The van der Waals surface area contributed by atoms with Gasteiger partial charge < -0.3 is 14.2 Å². The van der Waals surface area contributed by atoms with Gasteiger partial charge in [0.15, 0.2) is 0 Å². The Morgan fingerprint density at radius 3 is 1.72 bits per heavy atom. The van der Waals surface area contributed by atoms with Crippen molar-refractivity contribution in [3.05, 3.63) is 140 Å². The highest BCUT2D eigenvalue weighted by molar-refractivity contribution is 6.27. The van der Waals surface area contributed by atoms with Gasteiger partial charge >= 0.3 is 0 Å². The second-order valence-electron chi connectivity index (χ2n) is 9.95. The van der Waals surface area contributed by atoms with E-state index < -0.39 is 0 Å². The van der Waals surface area contributed by atoms with Crippen molar-refractivity contribution in [2.45, 2.75) is 0 Å². The van der Waals surface area contributed by atoms with Crippen LogP contribution in [-0.4, -0.2) is 14.2 Å². The van der Waals surface area contributed by atoms with Gasteiger partial charge in [0.1, 0.15) is 5.75 Å². The first-order valence-electron chi connectivity index (χ1n) is 13.2. The molecule has 2 heterocycles. The van der Waals surface area contributed by atoms with Crippen molar-refractivity contribution >= 4 is 43.5 Å². The molecule has 2 aromatic heterocycles. The predicted molar refractivity (Wildman–Crippen MR) is 162 cm³/mol. The maximum Gasteiger partial charge on any atom is 0.132 e. The minimum absolute atomic E-state index is 0.310. The van der Waals surface area contributed by atoms with Crippen LogP contribution in [0.1, 0.15) is 0 Å². The normalized spacial score (nSPS) is 11.7. The van der Waals surface area contributed by atoms with Crippen molar-refractivity contribution in [2.75, 3.05) is 0 Å². The van der Waals surface area contributed by atoms with E-state index in [9.17, 15) is 5.11 Å². The zero-order valence-electron chi connectivity index (χ0n) is 21.1. The number of rotatable bonds is 3. The van der Waals surface area contributed by atoms with Gasteiger partial charge in [-0.25, -0.2) is 0 Å².